The van der Waals surface area contributed by atoms with Crippen LogP contribution in [0.2, 0.25) is 0 Å². The first kappa shape index (κ1) is 14.5. The Balaban J connectivity index is 2.25. The largest absolute Gasteiger partial charge is 0.316 e. The van der Waals surface area contributed by atoms with Gasteiger partial charge in [0.15, 0.2) is 0 Å². The molecule has 1 fully saturated rings. The molecule has 106 valence electrons. The van der Waals surface area contributed by atoms with E-state index in [9.17, 15) is 0 Å². The zero-order valence-corrected chi connectivity index (χ0v) is 13.1. The van der Waals surface area contributed by atoms with Crippen molar-refractivity contribution in [2.75, 3.05) is 27.2 Å². The molecule has 0 radical (unpaired) electrons. The van der Waals surface area contributed by atoms with Gasteiger partial charge in [0.05, 0.1) is 0 Å². The molecular weight excluding hydrogens is 232 g/mol. The third kappa shape index (κ3) is 3.37. The number of benzene rings is 1. The smallest absolute Gasteiger partial charge is 0.0347 e. The predicted octanol–water partition coefficient (Wildman–Crippen LogP) is 3.21. The molecule has 1 aromatic carbocycles. The van der Waals surface area contributed by atoms with Crippen LogP contribution in [-0.4, -0.2) is 32.1 Å². The molecule has 2 unspecified atom stereocenters. The first-order chi connectivity index (χ1) is 8.99. The minimum Gasteiger partial charge on any atom is -0.316 e. The van der Waals surface area contributed by atoms with Gasteiger partial charge < -0.3 is 10.2 Å². The topological polar surface area (TPSA) is 15.3 Å². The molecule has 1 N–H and O–H groups in total. The van der Waals surface area contributed by atoms with E-state index in [1.807, 2.05) is 0 Å². The van der Waals surface area contributed by atoms with Crippen LogP contribution in [0.3, 0.4) is 0 Å². The number of nitrogens with one attached hydrogen (secondary N) is 1. The summed E-state index contributed by atoms with van der Waals surface area (Å²) in [7, 11) is 4.42. The zero-order valence-electron chi connectivity index (χ0n) is 13.1. The van der Waals surface area contributed by atoms with Crippen LogP contribution in [0.15, 0.2) is 12.1 Å². The van der Waals surface area contributed by atoms with E-state index in [1.54, 1.807) is 0 Å². The van der Waals surface area contributed by atoms with Crippen molar-refractivity contribution in [3.8, 4) is 0 Å². The number of hydrogen-bond donors (Lipinski definition) is 1. The van der Waals surface area contributed by atoms with Crippen molar-refractivity contribution in [1.82, 2.24) is 10.2 Å². The highest BCUT2D eigenvalue weighted by molar-refractivity contribution is 5.38. The van der Waals surface area contributed by atoms with Gasteiger partial charge in [0.25, 0.3) is 0 Å². The van der Waals surface area contributed by atoms with Gasteiger partial charge in [-0.2, -0.15) is 0 Å². The normalized spacial score (nSPS) is 21.1. The Labute approximate surface area is 118 Å². The highest BCUT2D eigenvalue weighted by Gasteiger charge is 2.23. The Morgan fingerprint density at radius 2 is 1.84 bits per heavy atom. The van der Waals surface area contributed by atoms with E-state index in [0.29, 0.717) is 6.04 Å². The van der Waals surface area contributed by atoms with Crippen molar-refractivity contribution < 1.29 is 0 Å². The summed E-state index contributed by atoms with van der Waals surface area (Å²) < 4.78 is 0. The molecule has 0 amide bonds. The maximum atomic E-state index is 3.48. The molecule has 0 aromatic heterocycles. The van der Waals surface area contributed by atoms with E-state index in [0.717, 1.165) is 5.92 Å². The van der Waals surface area contributed by atoms with Crippen LogP contribution in [0.5, 0.6) is 0 Å². The van der Waals surface area contributed by atoms with Crippen molar-refractivity contribution >= 4 is 0 Å². The summed E-state index contributed by atoms with van der Waals surface area (Å²) in [5, 5.41) is 3.48. The lowest BCUT2D eigenvalue weighted by Gasteiger charge is -2.29. The van der Waals surface area contributed by atoms with Crippen molar-refractivity contribution in [3.63, 3.8) is 0 Å². The van der Waals surface area contributed by atoms with Crippen molar-refractivity contribution in [1.29, 1.82) is 0 Å². The van der Waals surface area contributed by atoms with E-state index in [1.165, 1.54) is 48.2 Å². The van der Waals surface area contributed by atoms with Crippen LogP contribution in [0.4, 0.5) is 0 Å². The maximum absolute atomic E-state index is 3.48. The first-order valence-electron chi connectivity index (χ1n) is 7.44. The van der Waals surface area contributed by atoms with Gasteiger partial charge in [0, 0.05) is 6.04 Å². The quantitative estimate of drug-likeness (QED) is 0.894. The molecule has 1 heterocycles. The van der Waals surface area contributed by atoms with Gasteiger partial charge in [-0.1, -0.05) is 12.1 Å². The fourth-order valence-corrected chi connectivity index (χ4v) is 3.19. The van der Waals surface area contributed by atoms with Gasteiger partial charge in [0.1, 0.15) is 0 Å². The lowest BCUT2D eigenvalue weighted by atomic mass is 9.89. The third-order valence-electron chi connectivity index (χ3n) is 4.58. The van der Waals surface area contributed by atoms with Gasteiger partial charge in [-0.15, -0.1) is 0 Å². The molecule has 0 saturated carbocycles. The Morgan fingerprint density at radius 3 is 2.42 bits per heavy atom. The SMILES string of the molecule is Cc1cc(C)c(C(CC2CCNC2)N(C)C)cc1C. The van der Waals surface area contributed by atoms with Crippen LogP contribution in [0.25, 0.3) is 0 Å². The third-order valence-corrected chi connectivity index (χ3v) is 4.58. The molecule has 0 spiro atoms. The molecule has 2 nitrogen and oxygen atoms in total. The number of nitrogens with zero attached hydrogens (tertiary/aromatic N) is 1. The molecule has 2 rings (SSSR count). The summed E-state index contributed by atoms with van der Waals surface area (Å²) in [6, 6.07) is 5.29. The zero-order chi connectivity index (χ0) is 14.0. The summed E-state index contributed by atoms with van der Waals surface area (Å²) in [5.74, 6) is 0.827. The average molecular weight is 260 g/mol. The first-order valence-corrected chi connectivity index (χ1v) is 7.44. The molecule has 2 atom stereocenters. The lowest BCUT2D eigenvalue weighted by molar-refractivity contribution is 0.252. The molecule has 0 bridgehead atoms. The Hall–Kier alpha value is -0.860. The van der Waals surface area contributed by atoms with E-state index < -0.39 is 0 Å². The fourth-order valence-electron chi connectivity index (χ4n) is 3.19. The Morgan fingerprint density at radius 1 is 1.16 bits per heavy atom. The second-order valence-corrected chi connectivity index (χ2v) is 6.37. The van der Waals surface area contributed by atoms with E-state index in [4.69, 9.17) is 0 Å². The van der Waals surface area contributed by atoms with Crippen LogP contribution in [0, 0.1) is 26.7 Å². The second kappa shape index (κ2) is 6.06. The summed E-state index contributed by atoms with van der Waals surface area (Å²) >= 11 is 0. The van der Waals surface area contributed by atoms with Crippen molar-refractivity contribution in [3.05, 3.63) is 34.4 Å². The minimum atomic E-state index is 0.546. The fraction of sp³-hybridized carbons (Fsp3) is 0.647. The molecule has 0 aliphatic carbocycles. The molecule has 19 heavy (non-hydrogen) atoms. The second-order valence-electron chi connectivity index (χ2n) is 6.37. The van der Waals surface area contributed by atoms with Gasteiger partial charge in [-0.25, -0.2) is 0 Å². The van der Waals surface area contributed by atoms with E-state index >= 15 is 0 Å². The highest BCUT2D eigenvalue weighted by atomic mass is 15.1. The minimum absolute atomic E-state index is 0.546. The number of aryl methyl sites for hydroxylation is 3. The maximum Gasteiger partial charge on any atom is 0.0347 e. The van der Waals surface area contributed by atoms with Crippen LogP contribution in [0.1, 0.15) is 41.1 Å². The Kier molecular flexibility index (Phi) is 4.64. The van der Waals surface area contributed by atoms with Gasteiger partial charge in [-0.3, -0.25) is 0 Å². The van der Waals surface area contributed by atoms with Crippen LogP contribution < -0.4 is 5.32 Å². The summed E-state index contributed by atoms with van der Waals surface area (Å²) in [6.07, 6.45) is 2.59. The Bertz CT molecular complexity index is 431. The number of rotatable bonds is 4. The van der Waals surface area contributed by atoms with Crippen LogP contribution in [-0.2, 0) is 0 Å². The van der Waals surface area contributed by atoms with Crippen molar-refractivity contribution in [2.24, 2.45) is 5.92 Å². The lowest BCUT2D eigenvalue weighted by Crippen LogP contribution is -2.24. The average Bonchev–Trinajstić information content (AvgIpc) is 2.84. The molecule has 1 aromatic rings. The molecule has 1 saturated heterocycles. The van der Waals surface area contributed by atoms with Crippen molar-refractivity contribution in [2.45, 2.75) is 39.7 Å². The molecular formula is C17H28N2. The molecule has 1 aliphatic rings. The molecule has 2 heteroatoms. The summed E-state index contributed by atoms with van der Waals surface area (Å²) in [4.78, 5) is 2.38. The van der Waals surface area contributed by atoms with Gasteiger partial charge >= 0.3 is 0 Å². The summed E-state index contributed by atoms with van der Waals surface area (Å²) in [6.45, 7) is 9.07. The standard InChI is InChI=1S/C17H28N2/c1-12-8-14(3)16(9-13(12)2)17(19(4)5)10-15-6-7-18-11-15/h8-9,15,17-18H,6-7,10-11H2,1-5H3. The number of hydrogen-bond acceptors (Lipinski definition) is 2. The van der Waals surface area contributed by atoms with E-state index in [2.05, 4.69) is 57.2 Å². The summed E-state index contributed by atoms with van der Waals surface area (Å²) in [5.41, 5.74) is 5.77. The predicted molar refractivity (Wildman–Crippen MR) is 82.7 cm³/mol. The van der Waals surface area contributed by atoms with Gasteiger partial charge in [0.2, 0.25) is 0 Å². The van der Waals surface area contributed by atoms with Gasteiger partial charge in [-0.05, 0) is 89.0 Å². The van der Waals surface area contributed by atoms with E-state index in [-0.39, 0.29) is 0 Å². The highest BCUT2D eigenvalue weighted by Crippen LogP contribution is 2.31. The van der Waals surface area contributed by atoms with Crippen LogP contribution >= 0.6 is 0 Å². The monoisotopic (exact) mass is 260 g/mol. The molecule has 1 aliphatic heterocycles.